The number of nitro groups is 1. The molecule has 0 bridgehead atoms. The molecule has 1 amide bonds. The second kappa shape index (κ2) is 5.82. The Kier molecular flexibility index (Phi) is 4.67. The van der Waals surface area contributed by atoms with Gasteiger partial charge in [-0.25, -0.2) is 0 Å². The normalized spacial score (nSPS) is 10.5. The number of rotatable bonds is 4. The summed E-state index contributed by atoms with van der Waals surface area (Å²) in [5.74, 6) is -0.373. The van der Waals surface area contributed by atoms with Crippen molar-refractivity contribution in [3.05, 3.63) is 38.9 Å². The van der Waals surface area contributed by atoms with Gasteiger partial charge >= 0.3 is 5.69 Å². The Morgan fingerprint density at radius 1 is 1.50 bits per heavy atom. The van der Waals surface area contributed by atoms with E-state index in [2.05, 4.69) is 0 Å². The van der Waals surface area contributed by atoms with Crippen LogP contribution in [-0.4, -0.2) is 28.3 Å². The van der Waals surface area contributed by atoms with Gasteiger partial charge in [0.05, 0.1) is 4.92 Å². The summed E-state index contributed by atoms with van der Waals surface area (Å²) >= 11 is 5.78. The number of para-hydroxylation sites is 1. The van der Waals surface area contributed by atoms with Gasteiger partial charge < -0.3 is 4.90 Å². The van der Waals surface area contributed by atoms with Gasteiger partial charge in [-0.3, -0.25) is 14.9 Å². The second-order valence-electron chi connectivity index (χ2n) is 4.08. The number of hydrogen-bond acceptors (Lipinski definition) is 3. The zero-order chi connectivity index (χ0) is 13.9. The number of amides is 1. The zero-order valence-electron chi connectivity index (χ0n) is 10.5. The summed E-state index contributed by atoms with van der Waals surface area (Å²) in [6.07, 6.45) is 0. The van der Waals surface area contributed by atoms with Gasteiger partial charge in [0, 0.05) is 12.6 Å². The van der Waals surface area contributed by atoms with E-state index in [4.69, 9.17) is 11.6 Å². The van der Waals surface area contributed by atoms with E-state index in [1.165, 1.54) is 18.2 Å². The van der Waals surface area contributed by atoms with Crippen LogP contribution in [0.15, 0.2) is 18.2 Å². The van der Waals surface area contributed by atoms with Gasteiger partial charge in [-0.1, -0.05) is 17.7 Å². The average molecular weight is 271 g/mol. The summed E-state index contributed by atoms with van der Waals surface area (Å²) < 4.78 is 0. The molecular weight excluding hydrogens is 256 g/mol. The smallest absolute Gasteiger partial charge is 0.300 e. The summed E-state index contributed by atoms with van der Waals surface area (Å²) in [6.45, 7) is 6.03. The van der Waals surface area contributed by atoms with Gasteiger partial charge in [0.15, 0.2) is 0 Å². The molecule has 18 heavy (non-hydrogen) atoms. The van der Waals surface area contributed by atoms with Gasteiger partial charge in [-0.05, 0) is 32.9 Å². The Bertz CT molecular complexity index is 474. The van der Waals surface area contributed by atoms with Crippen LogP contribution in [0.5, 0.6) is 0 Å². The first kappa shape index (κ1) is 14.4. The van der Waals surface area contributed by atoms with Crippen LogP contribution in [0.3, 0.4) is 0 Å². The molecule has 0 heterocycles. The van der Waals surface area contributed by atoms with Crippen LogP contribution in [0, 0.1) is 10.1 Å². The topological polar surface area (TPSA) is 63.5 Å². The third-order valence-electron chi connectivity index (χ3n) is 2.62. The Morgan fingerprint density at radius 3 is 2.56 bits per heavy atom. The molecule has 0 spiro atoms. The fraction of sp³-hybridized carbons (Fsp3) is 0.417. The van der Waals surface area contributed by atoms with E-state index in [9.17, 15) is 14.9 Å². The van der Waals surface area contributed by atoms with E-state index in [1.54, 1.807) is 4.90 Å². The molecule has 0 aromatic heterocycles. The lowest BCUT2D eigenvalue weighted by Crippen LogP contribution is -2.37. The van der Waals surface area contributed by atoms with Crippen molar-refractivity contribution in [2.75, 3.05) is 6.54 Å². The quantitative estimate of drug-likeness (QED) is 0.624. The molecule has 98 valence electrons. The molecule has 0 aliphatic carbocycles. The number of carbonyl (C=O) groups is 1. The SMILES string of the molecule is CCN(C(=O)c1cccc(Cl)c1[N+](=O)[O-])C(C)C. The number of halogens is 1. The molecule has 0 saturated carbocycles. The highest BCUT2D eigenvalue weighted by atomic mass is 35.5. The molecule has 0 atom stereocenters. The van der Waals surface area contributed by atoms with Gasteiger partial charge in [0.2, 0.25) is 0 Å². The first-order valence-corrected chi connectivity index (χ1v) is 6.01. The van der Waals surface area contributed by atoms with Crippen molar-refractivity contribution in [2.24, 2.45) is 0 Å². The number of benzene rings is 1. The number of carbonyl (C=O) groups excluding carboxylic acids is 1. The summed E-state index contributed by atoms with van der Waals surface area (Å²) in [5, 5.41) is 11.0. The summed E-state index contributed by atoms with van der Waals surface area (Å²) in [7, 11) is 0. The van der Waals surface area contributed by atoms with Crippen LogP contribution in [0.4, 0.5) is 5.69 Å². The monoisotopic (exact) mass is 270 g/mol. The van der Waals surface area contributed by atoms with E-state index in [1.807, 2.05) is 20.8 Å². The Morgan fingerprint density at radius 2 is 2.11 bits per heavy atom. The minimum atomic E-state index is -0.621. The fourth-order valence-corrected chi connectivity index (χ4v) is 2.01. The van der Waals surface area contributed by atoms with Crippen molar-refractivity contribution < 1.29 is 9.72 Å². The molecule has 1 rings (SSSR count). The van der Waals surface area contributed by atoms with Gasteiger partial charge in [-0.2, -0.15) is 0 Å². The van der Waals surface area contributed by atoms with Crippen molar-refractivity contribution in [3.8, 4) is 0 Å². The minimum Gasteiger partial charge on any atom is -0.336 e. The van der Waals surface area contributed by atoms with Crippen LogP contribution < -0.4 is 0 Å². The molecule has 0 unspecified atom stereocenters. The Labute approximate surface area is 110 Å². The molecule has 0 N–H and O–H groups in total. The highest BCUT2D eigenvalue weighted by Crippen LogP contribution is 2.29. The lowest BCUT2D eigenvalue weighted by atomic mass is 10.1. The number of hydrogen-bond donors (Lipinski definition) is 0. The molecule has 0 radical (unpaired) electrons. The zero-order valence-corrected chi connectivity index (χ0v) is 11.3. The Balaban J connectivity index is 3.29. The van der Waals surface area contributed by atoms with E-state index in [-0.39, 0.29) is 28.2 Å². The lowest BCUT2D eigenvalue weighted by Gasteiger charge is -2.25. The van der Waals surface area contributed by atoms with Crippen LogP contribution in [0.2, 0.25) is 5.02 Å². The molecule has 0 aliphatic rings. The largest absolute Gasteiger partial charge is 0.336 e. The number of nitrogens with zero attached hydrogens (tertiary/aromatic N) is 2. The van der Waals surface area contributed by atoms with E-state index >= 15 is 0 Å². The minimum absolute atomic E-state index is 0.0225. The van der Waals surface area contributed by atoms with Gasteiger partial charge in [-0.15, -0.1) is 0 Å². The third kappa shape index (κ3) is 2.79. The third-order valence-corrected chi connectivity index (χ3v) is 2.93. The van der Waals surface area contributed by atoms with Gasteiger partial charge in [0.25, 0.3) is 5.91 Å². The van der Waals surface area contributed by atoms with E-state index < -0.39 is 4.92 Å². The highest BCUT2D eigenvalue weighted by Gasteiger charge is 2.27. The average Bonchev–Trinajstić information content (AvgIpc) is 2.28. The first-order chi connectivity index (χ1) is 8.40. The maximum Gasteiger partial charge on any atom is 0.300 e. The maximum absolute atomic E-state index is 12.3. The van der Waals surface area contributed by atoms with E-state index in [0.29, 0.717) is 6.54 Å². The summed E-state index contributed by atoms with van der Waals surface area (Å²) in [4.78, 5) is 24.2. The van der Waals surface area contributed by atoms with Crippen LogP contribution >= 0.6 is 11.6 Å². The van der Waals surface area contributed by atoms with Gasteiger partial charge in [0.1, 0.15) is 10.6 Å². The Hall–Kier alpha value is -1.62. The molecule has 1 aromatic rings. The van der Waals surface area contributed by atoms with Crippen LogP contribution in [0.25, 0.3) is 0 Å². The maximum atomic E-state index is 12.3. The number of nitro benzene ring substituents is 1. The summed E-state index contributed by atoms with van der Waals surface area (Å²) in [6, 6.07) is 4.34. The second-order valence-corrected chi connectivity index (χ2v) is 4.49. The fourth-order valence-electron chi connectivity index (χ4n) is 1.77. The highest BCUT2D eigenvalue weighted by molar-refractivity contribution is 6.33. The first-order valence-electron chi connectivity index (χ1n) is 5.64. The predicted molar refractivity (Wildman–Crippen MR) is 70.0 cm³/mol. The molecule has 0 saturated heterocycles. The molecule has 5 nitrogen and oxygen atoms in total. The van der Waals surface area contributed by atoms with Crippen molar-refractivity contribution in [1.82, 2.24) is 4.90 Å². The molecule has 6 heteroatoms. The van der Waals surface area contributed by atoms with Crippen molar-refractivity contribution in [1.29, 1.82) is 0 Å². The van der Waals surface area contributed by atoms with Crippen molar-refractivity contribution in [3.63, 3.8) is 0 Å². The standard InChI is InChI=1S/C12H15ClN2O3/c1-4-14(8(2)3)12(16)9-6-5-7-10(13)11(9)15(17)18/h5-8H,4H2,1-3H3. The van der Waals surface area contributed by atoms with Crippen LogP contribution in [0.1, 0.15) is 31.1 Å². The van der Waals surface area contributed by atoms with E-state index in [0.717, 1.165) is 0 Å². The van der Waals surface area contributed by atoms with Crippen molar-refractivity contribution in [2.45, 2.75) is 26.8 Å². The molecular formula is C12H15ClN2O3. The predicted octanol–water partition coefficient (Wildman–Crippen LogP) is 3.12. The molecule has 0 fully saturated rings. The van der Waals surface area contributed by atoms with Crippen molar-refractivity contribution >= 4 is 23.2 Å². The molecule has 1 aromatic carbocycles. The molecule has 0 aliphatic heterocycles. The summed E-state index contributed by atoms with van der Waals surface area (Å²) in [5.41, 5.74) is -0.300. The lowest BCUT2D eigenvalue weighted by molar-refractivity contribution is -0.385. The van der Waals surface area contributed by atoms with Crippen LogP contribution in [-0.2, 0) is 0 Å².